The SMILES string of the molecule is CCCCCCCCCCC(C)COC(=O)[C@H](O)[C@@H](O)C(=O)OCC(C)CCCCCCCCCC. The Labute approximate surface area is 221 Å². The van der Waals surface area contributed by atoms with Crippen molar-refractivity contribution in [2.24, 2.45) is 11.8 Å². The van der Waals surface area contributed by atoms with Crippen LogP contribution in [0.2, 0.25) is 0 Å². The highest BCUT2D eigenvalue weighted by Crippen LogP contribution is 2.15. The maximum atomic E-state index is 12.1. The molecule has 0 rings (SSSR count). The Morgan fingerprint density at radius 3 is 1.11 bits per heavy atom. The molecule has 0 radical (unpaired) electrons. The number of unbranched alkanes of at least 4 members (excludes halogenated alkanes) is 14. The molecule has 0 saturated carbocycles. The van der Waals surface area contributed by atoms with Crippen LogP contribution in [0.25, 0.3) is 0 Å². The van der Waals surface area contributed by atoms with E-state index in [2.05, 4.69) is 13.8 Å². The van der Waals surface area contributed by atoms with Crippen molar-refractivity contribution < 1.29 is 29.3 Å². The number of carbonyl (C=O) groups excluding carboxylic acids is 2. The molecule has 0 fully saturated rings. The minimum atomic E-state index is -1.92. The molecule has 0 aromatic carbocycles. The second-order valence-electron chi connectivity index (χ2n) is 10.9. The van der Waals surface area contributed by atoms with Crippen molar-refractivity contribution in [2.45, 2.75) is 155 Å². The molecular formula is C30H58O6. The van der Waals surface area contributed by atoms with E-state index in [1.807, 2.05) is 13.8 Å². The minimum absolute atomic E-state index is 0.169. The van der Waals surface area contributed by atoms with E-state index in [-0.39, 0.29) is 25.0 Å². The first-order chi connectivity index (χ1) is 17.3. The summed E-state index contributed by atoms with van der Waals surface area (Å²) in [4.78, 5) is 24.2. The van der Waals surface area contributed by atoms with Crippen LogP contribution < -0.4 is 0 Å². The molecule has 0 amide bonds. The van der Waals surface area contributed by atoms with Gasteiger partial charge in [-0.3, -0.25) is 0 Å². The number of esters is 2. The third-order valence-corrected chi connectivity index (χ3v) is 6.90. The predicted molar refractivity (Wildman–Crippen MR) is 147 cm³/mol. The molecule has 214 valence electrons. The van der Waals surface area contributed by atoms with Crippen LogP contribution in [-0.2, 0) is 19.1 Å². The van der Waals surface area contributed by atoms with Gasteiger partial charge in [0, 0.05) is 0 Å². The molecule has 36 heavy (non-hydrogen) atoms. The largest absolute Gasteiger partial charge is 0.463 e. The molecule has 2 N–H and O–H groups in total. The second kappa shape index (κ2) is 24.2. The summed E-state index contributed by atoms with van der Waals surface area (Å²) in [6.07, 6.45) is 18.0. The Kier molecular flexibility index (Phi) is 23.4. The van der Waals surface area contributed by atoms with Gasteiger partial charge in [0.2, 0.25) is 0 Å². The highest BCUT2D eigenvalue weighted by atomic mass is 16.6. The fraction of sp³-hybridized carbons (Fsp3) is 0.933. The van der Waals surface area contributed by atoms with Crippen molar-refractivity contribution in [3.63, 3.8) is 0 Å². The average Bonchev–Trinajstić information content (AvgIpc) is 2.87. The van der Waals surface area contributed by atoms with Crippen LogP contribution in [0.3, 0.4) is 0 Å². The Morgan fingerprint density at radius 1 is 0.528 bits per heavy atom. The molecule has 0 bridgehead atoms. The van der Waals surface area contributed by atoms with E-state index in [4.69, 9.17) is 9.47 Å². The number of carbonyl (C=O) groups is 2. The van der Waals surface area contributed by atoms with Crippen molar-refractivity contribution >= 4 is 11.9 Å². The van der Waals surface area contributed by atoms with Gasteiger partial charge in [-0.1, -0.05) is 130 Å². The molecule has 0 heterocycles. The first-order valence-electron chi connectivity index (χ1n) is 15.0. The molecule has 0 spiro atoms. The smallest absolute Gasteiger partial charge is 0.338 e. The molecule has 4 atom stereocenters. The monoisotopic (exact) mass is 514 g/mol. The second-order valence-corrected chi connectivity index (χ2v) is 10.9. The van der Waals surface area contributed by atoms with Gasteiger partial charge in [0.05, 0.1) is 13.2 Å². The minimum Gasteiger partial charge on any atom is -0.463 e. The molecule has 0 saturated heterocycles. The number of aliphatic hydroxyl groups is 2. The molecule has 0 aromatic rings. The number of hydrogen-bond donors (Lipinski definition) is 2. The third kappa shape index (κ3) is 20.0. The van der Waals surface area contributed by atoms with Crippen molar-refractivity contribution in [2.75, 3.05) is 13.2 Å². The molecule has 6 heteroatoms. The van der Waals surface area contributed by atoms with Gasteiger partial charge in [-0.15, -0.1) is 0 Å². The molecule has 0 aliphatic carbocycles. The number of hydrogen-bond acceptors (Lipinski definition) is 6. The first kappa shape index (κ1) is 34.9. The van der Waals surface area contributed by atoms with E-state index in [9.17, 15) is 19.8 Å². The van der Waals surface area contributed by atoms with E-state index in [1.165, 1.54) is 89.9 Å². The lowest BCUT2D eigenvalue weighted by Crippen LogP contribution is -2.42. The summed E-state index contributed by atoms with van der Waals surface area (Å²) in [7, 11) is 0. The van der Waals surface area contributed by atoms with E-state index >= 15 is 0 Å². The van der Waals surface area contributed by atoms with Crippen LogP contribution in [0.1, 0.15) is 143 Å². The Balaban J connectivity index is 3.90. The molecule has 6 nitrogen and oxygen atoms in total. The lowest BCUT2D eigenvalue weighted by atomic mass is 10.0. The van der Waals surface area contributed by atoms with Gasteiger partial charge in [0.15, 0.2) is 12.2 Å². The summed E-state index contributed by atoms with van der Waals surface area (Å²) in [6, 6.07) is 0. The molecule has 0 aliphatic rings. The molecule has 2 unspecified atom stereocenters. The van der Waals surface area contributed by atoms with Crippen LogP contribution in [0.15, 0.2) is 0 Å². The van der Waals surface area contributed by atoms with Crippen LogP contribution in [-0.4, -0.2) is 47.6 Å². The van der Waals surface area contributed by atoms with Crippen LogP contribution in [0.4, 0.5) is 0 Å². The Bertz CT molecular complexity index is 478. The average molecular weight is 515 g/mol. The number of aliphatic hydroxyl groups excluding tert-OH is 2. The van der Waals surface area contributed by atoms with Crippen LogP contribution >= 0.6 is 0 Å². The zero-order valence-corrected chi connectivity index (χ0v) is 24.0. The van der Waals surface area contributed by atoms with E-state index in [0.29, 0.717) is 0 Å². The normalized spacial score (nSPS) is 14.7. The quantitative estimate of drug-likeness (QED) is 0.0994. The molecular weight excluding hydrogens is 456 g/mol. The van der Waals surface area contributed by atoms with Gasteiger partial charge in [-0.25, -0.2) is 9.59 Å². The van der Waals surface area contributed by atoms with Crippen LogP contribution in [0, 0.1) is 11.8 Å². The summed E-state index contributed by atoms with van der Waals surface area (Å²) in [5.41, 5.74) is 0. The maximum Gasteiger partial charge on any atom is 0.338 e. The van der Waals surface area contributed by atoms with Crippen molar-refractivity contribution in [1.29, 1.82) is 0 Å². The fourth-order valence-corrected chi connectivity index (χ4v) is 4.30. The van der Waals surface area contributed by atoms with Crippen molar-refractivity contribution in [1.82, 2.24) is 0 Å². The first-order valence-corrected chi connectivity index (χ1v) is 15.0. The summed E-state index contributed by atoms with van der Waals surface area (Å²) in [5, 5.41) is 20.0. The zero-order valence-electron chi connectivity index (χ0n) is 24.0. The van der Waals surface area contributed by atoms with Gasteiger partial charge in [-0.05, 0) is 24.7 Å². The summed E-state index contributed by atoms with van der Waals surface area (Å²) >= 11 is 0. The van der Waals surface area contributed by atoms with Gasteiger partial charge in [0.25, 0.3) is 0 Å². The predicted octanol–water partition coefficient (Wildman–Crippen LogP) is 7.13. The Hall–Kier alpha value is -1.14. The van der Waals surface area contributed by atoms with Gasteiger partial charge >= 0.3 is 11.9 Å². The summed E-state index contributed by atoms with van der Waals surface area (Å²) in [6.45, 7) is 8.78. The highest BCUT2D eigenvalue weighted by molar-refractivity contribution is 5.85. The number of rotatable bonds is 25. The fourth-order valence-electron chi connectivity index (χ4n) is 4.30. The summed E-state index contributed by atoms with van der Waals surface area (Å²) < 4.78 is 10.3. The van der Waals surface area contributed by atoms with Crippen molar-refractivity contribution in [3.05, 3.63) is 0 Å². The lowest BCUT2D eigenvalue weighted by Gasteiger charge is -2.19. The standard InChI is InChI=1S/C30H58O6/c1-5-7-9-11-13-15-17-19-21-25(3)23-35-29(33)27(31)28(32)30(34)36-24-26(4)22-20-18-16-14-12-10-8-6-2/h25-28,31-32H,5-24H2,1-4H3/t25?,26?,27-,28-/m1/s1. The maximum absolute atomic E-state index is 12.1. The van der Waals surface area contributed by atoms with Crippen LogP contribution in [0.5, 0.6) is 0 Å². The Morgan fingerprint density at radius 2 is 0.806 bits per heavy atom. The van der Waals surface area contributed by atoms with E-state index in [1.54, 1.807) is 0 Å². The van der Waals surface area contributed by atoms with Gasteiger partial charge in [0.1, 0.15) is 0 Å². The molecule has 0 aliphatic heterocycles. The lowest BCUT2D eigenvalue weighted by molar-refractivity contribution is -0.174. The van der Waals surface area contributed by atoms with Gasteiger partial charge in [-0.2, -0.15) is 0 Å². The van der Waals surface area contributed by atoms with Crippen molar-refractivity contribution in [3.8, 4) is 0 Å². The van der Waals surface area contributed by atoms with E-state index in [0.717, 1.165) is 25.7 Å². The van der Waals surface area contributed by atoms with E-state index < -0.39 is 24.1 Å². The number of ether oxygens (including phenoxy) is 2. The zero-order chi connectivity index (χ0) is 27.0. The highest BCUT2D eigenvalue weighted by Gasteiger charge is 2.33. The topological polar surface area (TPSA) is 93.1 Å². The summed E-state index contributed by atoms with van der Waals surface area (Å²) in [5.74, 6) is -1.62. The molecule has 0 aromatic heterocycles. The van der Waals surface area contributed by atoms with Gasteiger partial charge < -0.3 is 19.7 Å². The third-order valence-electron chi connectivity index (χ3n) is 6.90.